The van der Waals surface area contributed by atoms with E-state index in [1.807, 2.05) is 12.2 Å². The number of nitrogens with two attached hydrogens (primary N) is 1. The number of dihydropyridines is 1. The molecule has 0 fully saturated rings. The fraction of sp³-hybridized carbons (Fsp3) is 0.462. The summed E-state index contributed by atoms with van der Waals surface area (Å²) >= 11 is 0. The average Bonchev–Trinajstić information content (AvgIpc) is 2.79. The number of unbranched alkanes of at least 4 members (excludes halogenated alkanes) is 4. The number of phenolic OH excluding ortho intramolecular Hbond substituents is 1. The number of hydrogen-bond acceptors (Lipinski definition) is 7. The highest BCUT2D eigenvalue weighted by Crippen LogP contribution is 2.34. The number of Topliss-reactive ketones (excluding diaryl/α,β-unsaturated/α-hetero) is 1. The van der Waals surface area contributed by atoms with Crippen LogP contribution in [0.25, 0.3) is 5.57 Å². The number of carbonyl (C=O) groups is 2. The number of nitrogens with one attached hydrogen (secondary N) is 1. The molecule has 180 valence electrons. The standard InChI is InChI=1S/C26H36N2O5/c1-3-4-5-6-7-8-21(30)14-22(31)12-20(17-29)23-15-25(33-2)24(32)13-19(23)11-18-9-10-26(27)28-16-18/h9-10,12-13,15-16,26,28-29,32H,3-8,11,14,17,27H2,1-2H3. The lowest BCUT2D eigenvalue weighted by atomic mass is 9.92. The Hall–Kier alpha value is -2.90. The Bertz CT molecular complexity index is 918. The molecule has 1 heterocycles. The van der Waals surface area contributed by atoms with Gasteiger partial charge < -0.3 is 26.0 Å². The summed E-state index contributed by atoms with van der Waals surface area (Å²) in [6.45, 7) is 1.75. The summed E-state index contributed by atoms with van der Waals surface area (Å²) in [5, 5.41) is 23.3. The van der Waals surface area contributed by atoms with Gasteiger partial charge in [-0.1, -0.05) is 38.7 Å². The Morgan fingerprint density at radius 2 is 1.97 bits per heavy atom. The topological polar surface area (TPSA) is 122 Å². The predicted octanol–water partition coefficient (Wildman–Crippen LogP) is 3.54. The van der Waals surface area contributed by atoms with Crippen LogP contribution in [0.5, 0.6) is 11.5 Å². The first-order chi connectivity index (χ1) is 15.9. The van der Waals surface area contributed by atoms with Crippen molar-refractivity contribution in [1.82, 2.24) is 5.32 Å². The molecule has 1 aromatic carbocycles. The summed E-state index contributed by atoms with van der Waals surface area (Å²) in [5.41, 5.74) is 8.37. The number of aliphatic hydroxyl groups excluding tert-OH is 1. The molecular formula is C26H36N2O5. The minimum atomic E-state index is -0.393. The van der Waals surface area contributed by atoms with E-state index in [9.17, 15) is 19.8 Å². The summed E-state index contributed by atoms with van der Waals surface area (Å²) in [6.07, 6.45) is 12.4. The van der Waals surface area contributed by atoms with Crippen molar-refractivity contribution in [3.8, 4) is 11.5 Å². The van der Waals surface area contributed by atoms with E-state index < -0.39 is 6.61 Å². The Balaban J connectivity index is 2.18. The lowest BCUT2D eigenvalue weighted by molar-refractivity contribution is -0.124. The van der Waals surface area contributed by atoms with E-state index in [0.717, 1.165) is 37.7 Å². The maximum Gasteiger partial charge on any atom is 0.163 e. The maximum absolute atomic E-state index is 12.6. The van der Waals surface area contributed by atoms with Gasteiger partial charge in [0.1, 0.15) is 5.78 Å². The van der Waals surface area contributed by atoms with Gasteiger partial charge in [-0.25, -0.2) is 0 Å². The van der Waals surface area contributed by atoms with E-state index in [2.05, 4.69) is 12.2 Å². The number of aliphatic hydroxyl groups is 1. The van der Waals surface area contributed by atoms with Crippen LogP contribution in [0.2, 0.25) is 0 Å². The van der Waals surface area contributed by atoms with Gasteiger partial charge in [0.2, 0.25) is 0 Å². The summed E-state index contributed by atoms with van der Waals surface area (Å²) < 4.78 is 5.23. The number of ether oxygens (including phenoxy) is 1. The van der Waals surface area contributed by atoms with Crippen LogP contribution in [-0.4, -0.2) is 41.7 Å². The molecule has 1 aromatic rings. The number of phenols is 1. The Morgan fingerprint density at radius 3 is 2.61 bits per heavy atom. The molecule has 0 bridgehead atoms. The number of aromatic hydroxyl groups is 1. The number of allylic oxidation sites excluding steroid dienone is 3. The monoisotopic (exact) mass is 456 g/mol. The molecule has 1 aliphatic heterocycles. The third-order valence-electron chi connectivity index (χ3n) is 5.56. The molecule has 1 atom stereocenters. The van der Waals surface area contributed by atoms with E-state index in [1.54, 1.807) is 18.3 Å². The molecule has 0 radical (unpaired) electrons. The van der Waals surface area contributed by atoms with Gasteiger partial charge in [-0.2, -0.15) is 0 Å². The second-order valence-electron chi connectivity index (χ2n) is 8.30. The van der Waals surface area contributed by atoms with Crippen molar-refractivity contribution >= 4 is 17.1 Å². The van der Waals surface area contributed by atoms with Gasteiger partial charge >= 0.3 is 0 Å². The number of carbonyl (C=O) groups excluding carboxylic acids is 2. The van der Waals surface area contributed by atoms with Gasteiger partial charge in [-0.15, -0.1) is 0 Å². The molecule has 7 heteroatoms. The van der Waals surface area contributed by atoms with Crippen LogP contribution in [0.3, 0.4) is 0 Å². The summed E-state index contributed by atoms with van der Waals surface area (Å²) in [4.78, 5) is 24.8. The molecule has 0 aromatic heterocycles. The molecule has 33 heavy (non-hydrogen) atoms. The van der Waals surface area contributed by atoms with Crippen molar-refractivity contribution in [3.05, 3.63) is 53.3 Å². The fourth-order valence-corrected chi connectivity index (χ4v) is 3.75. The van der Waals surface area contributed by atoms with Gasteiger partial charge in [0, 0.05) is 12.6 Å². The van der Waals surface area contributed by atoms with Crippen LogP contribution in [0.15, 0.2) is 42.1 Å². The molecule has 2 rings (SSSR count). The molecule has 0 saturated carbocycles. The van der Waals surface area contributed by atoms with Crippen molar-refractivity contribution in [3.63, 3.8) is 0 Å². The van der Waals surface area contributed by atoms with Gasteiger partial charge in [0.25, 0.3) is 0 Å². The van der Waals surface area contributed by atoms with Crippen molar-refractivity contribution in [2.24, 2.45) is 5.73 Å². The molecule has 0 spiro atoms. The molecule has 5 N–H and O–H groups in total. The van der Waals surface area contributed by atoms with E-state index in [4.69, 9.17) is 10.5 Å². The van der Waals surface area contributed by atoms with Crippen molar-refractivity contribution in [1.29, 1.82) is 0 Å². The van der Waals surface area contributed by atoms with Crippen molar-refractivity contribution in [2.45, 2.75) is 64.5 Å². The van der Waals surface area contributed by atoms with Crippen LogP contribution in [0.1, 0.15) is 63.0 Å². The molecule has 7 nitrogen and oxygen atoms in total. The lowest BCUT2D eigenvalue weighted by Crippen LogP contribution is -2.33. The molecule has 1 aliphatic rings. The van der Waals surface area contributed by atoms with E-state index in [0.29, 0.717) is 29.5 Å². The van der Waals surface area contributed by atoms with Crippen molar-refractivity contribution < 1.29 is 24.5 Å². The number of hydrogen-bond donors (Lipinski definition) is 4. The first-order valence-electron chi connectivity index (χ1n) is 11.5. The highest BCUT2D eigenvalue weighted by atomic mass is 16.5. The largest absolute Gasteiger partial charge is 0.504 e. The highest BCUT2D eigenvalue weighted by molar-refractivity contribution is 6.07. The fourth-order valence-electron chi connectivity index (χ4n) is 3.75. The molecule has 0 aliphatic carbocycles. The number of ketones is 2. The minimum absolute atomic E-state index is 0.0387. The minimum Gasteiger partial charge on any atom is -0.504 e. The number of benzene rings is 1. The maximum atomic E-state index is 12.6. The molecule has 1 unspecified atom stereocenters. The number of methoxy groups -OCH3 is 1. The van der Waals surface area contributed by atoms with Gasteiger partial charge in [0.15, 0.2) is 17.3 Å². The first kappa shape index (κ1) is 26.4. The second kappa shape index (κ2) is 13.6. The quantitative estimate of drug-likeness (QED) is 0.192. The SMILES string of the molecule is CCCCCCCC(=O)CC(=O)C=C(CO)c1cc(OC)c(O)cc1CC1=CNC(N)C=C1. The van der Waals surface area contributed by atoms with E-state index in [-0.39, 0.29) is 35.7 Å². The third kappa shape index (κ3) is 8.51. The van der Waals surface area contributed by atoms with Crippen LogP contribution in [-0.2, 0) is 16.0 Å². The Labute approximate surface area is 196 Å². The summed E-state index contributed by atoms with van der Waals surface area (Å²) in [7, 11) is 1.43. The van der Waals surface area contributed by atoms with E-state index in [1.165, 1.54) is 13.2 Å². The summed E-state index contributed by atoms with van der Waals surface area (Å²) in [5.74, 6) is -0.242. The highest BCUT2D eigenvalue weighted by Gasteiger charge is 2.17. The van der Waals surface area contributed by atoms with Gasteiger partial charge in [-0.05, 0) is 59.4 Å². The molecule has 0 amide bonds. The van der Waals surface area contributed by atoms with Gasteiger partial charge in [0.05, 0.1) is 26.3 Å². The zero-order valence-corrected chi connectivity index (χ0v) is 19.6. The van der Waals surface area contributed by atoms with Crippen LogP contribution >= 0.6 is 0 Å². The van der Waals surface area contributed by atoms with Crippen LogP contribution < -0.4 is 15.8 Å². The first-order valence-corrected chi connectivity index (χ1v) is 11.5. The Kier molecular flexibility index (Phi) is 10.9. The lowest BCUT2D eigenvalue weighted by Gasteiger charge is -2.18. The van der Waals surface area contributed by atoms with Crippen LogP contribution in [0, 0.1) is 0 Å². The predicted molar refractivity (Wildman–Crippen MR) is 130 cm³/mol. The second-order valence-corrected chi connectivity index (χ2v) is 8.30. The van der Waals surface area contributed by atoms with E-state index >= 15 is 0 Å². The summed E-state index contributed by atoms with van der Waals surface area (Å²) in [6, 6.07) is 3.16. The average molecular weight is 457 g/mol. The normalized spacial score (nSPS) is 15.7. The smallest absolute Gasteiger partial charge is 0.163 e. The molecular weight excluding hydrogens is 420 g/mol. The zero-order valence-electron chi connectivity index (χ0n) is 19.6. The number of rotatable bonds is 14. The third-order valence-corrected chi connectivity index (χ3v) is 5.56. The molecule has 0 saturated heterocycles. The Morgan fingerprint density at radius 1 is 1.21 bits per heavy atom. The van der Waals surface area contributed by atoms with Crippen molar-refractivity contribution in [2.75, 3.05) is 13.7 Å². The van der Waals surface area contributed by atoms with Crippen LogP contribution in [0.4, 0.5) is 0 Å². The van der Waals surface area contributed by atoms with Gasteiger partial charge in [-0.3, -0.25) is 9.59 Å². The zero-order chi connectivity index (χ0) is 24.2.